The zero-order chi connectivity index (χ0) is 14.0. The summed E-state index contributed by atoms with van der Waals surface area (Å²) in [5.41, 5.74) is 9.51. The van der Waals surface area contributed by atoms with Crippen LogP contribution in [-0.4, -0.2) is 39.7 Å². The number of hydrogen-bond acceptors (Lipinski definition) is 4. The Morgan fingerprint density at radius 3 is 2.95 bits per heavy atom. The lowest BCUT2D eigenvalue weighted by atomic mass is 9.90. The predicted octanol–water partition coefficient (Wildman–Crippen LogP) is 2.06. The van der Waals surface area contributed by atoms with Crippen molar-refractivity contribution in [2.45, 2.75) is 19.9 Å². The number of likely N-dealkylation sites (tertiary alicyclic amines) is 1. The first-order valence-electron chi connectivity index (χ1n) is 7.05. The fourth-order valence-electron chi connectivity index (χ4n) is 2.86. The second kappa shape index (κ2) is 6.56. The van der Waals surface area contributed by atoms with E-state index < -0.39 is 0 Å². The van der Waals surface area contributed by atoms with Gasteiger partial charge in [0.1, 0.15) is 0 Å². The number of pyridine rings is 1. The Balaban J connectivity index is 0.00000161. The molecule has 3 rings (SSSR count). The number of aromatic nitrogens is 3. The Hall–Kier alpha value is -1.43. The van der Waals surface area contributed by atoms with Crippen molar-refractivity contribution in [2.75, 3.05) is 19.6 Å². The number of hydrogen-bond donors (Lipinski definition) is 2. The van der Waals surface area contributed by atoms with Crippen molar-refractivity contribution in [1.29, 1.82) is 0 Å². The summed E-state index contributed by atoms with van der Waals surface area (Å²) in [5, 5.41) is 7.28. The van der Waals surface area contributed by atoms with Crippen molar-refractivity contribution in [2.24, 2.45) is 11.1 Å². The van der Waals surface area contributed by atoms with Gasteiger partial charge in [0.25, 0.3) is 0 Å². The van der Waals surface area contributed by atoms with E-state index in [2.05, 4.69) is 33.1 Å². The molecule has 0 aliphatic carbocycles. The van der Waals surface area contributed by atoms with Crippen molar-refractivity contribution < 1.29 is 0 Å². The Morgan fingerprint density at radius 1 is 1.43 bits per heavy atom. The molecule has 0 bridgehead atoms. The van der Waals surface area contributed by atoms with Crippen molar-refractivity contribution in [1.82, 2.24) is 20.1 Å². The van der Waals surface area contributed by atoms with Crippen LogP contribution in [0.4, 0.5) is 0 Å². The quantitative estimate of drug-likeness (QED) is 0.907. The molecule has 1 atom stereocenters. The molecule has 0 aromatic carbocycles. The van der Waals surface area contributed by atoms with Crippen LogP contribution in [0.25, 0.3) is 11.3 Å². The van der Waals surface area contributed by atoms with E-state index in [1.54, 1.807) is 6.20 Å². The number of halogens is 1. The third-order valence-electron chi connectivity index (χ3n) is 4.19. The minimum atomic E-state index is 0. The van der Waals surface area contributed by atoms with Crippen LogP contribution < -0.4 is 5.73 Å². The smallest absolute Gasteiger partial charge is 0.0710 e. The highest BCUT2D eigenvalue weighted by Crippen LogP contribution is 2.30. The van der Waals surface area contributed by atoms with Gasteiger partial charge in [-0.1, -0.05) is 6.92 Å². The van der Waals surface area contributed by atoms with Crippen LogP contribution in [0.2, 0.25) is 0 Å². The van der Waals surface area contributed by atoms with Gasteiger partial charge in [-0.25, -0.2) is 0 Å². The SMILES string of the molecule is CC1(CN)CCN(Cc2cn[nH]c2-c2cccnc2)C1.Cl. The third kappa shape index (κ3) is 3.43. The van der Waals surface area contributed by atoms with E-state index in [0.29, 0.717) is 0 Å². The van der Waals surface area contributed by atoms with Crippen LogP contribution in [0.3, 0.4) is 0 Å². The van der Waals surface area contributed by atoms with Crippen molar-refractivity contribution >= 4 is 12.4 Å². The zero-order valence-electron chi connectivity index (χ0n) is 12.2. The van der Waals surface area contributed by atoms with E-state index in [1.807, 2.05) is 18.5 Å². The average molecular weight is 308 g/mol. The van der Waals surface area contributed by atoms with Crippen LogP contribution in [0, 0.1) is 5.41 Å². The fourth-order valence-corrected chi connectivity index (χ4v) is 2.86. The van der Waals surface area contributed by atoms with Crippen LogP contribution in [0.5, 0.6) is 0 Å². The first-order valence-corrected chi connectivity index (χ1v) is 7.05. The highest BCUT2D eigenvalue weighted by atomic mass is 35.5. The Kier molecular flexibility index (Phi) is 4.98. The molecule has 0 saturated carbocycles. The lowest BCUT2D eigenvalue weighted by Gasteiger charge is -2.22. The minimum absolute atomic E-state index is 0. The standard InChI is InChI=1S/C15H21N5.ClH/c1-15(10-16)4-6-20(11-15)9-13-8-18-19-14(13)12-3-2-5-17-7-12;/h2-3,5,7-8H,4,6,9-11,16H2,1H3,(H,18,19);1H. The number of nitrogens with one attached hydrogen (secondary N) is 1. The molecule has 1 unspecified atom stereocenters. The summed E-state index contributed by atoms with van der Waals surface area (Å²) in [6.45, 7) is 6.09. The van der Waals surface area contributed by atoms with Gasteiger partial charge in [0.2, 0.25) is 0 Å². The van der Waals surface area contributed by atoms with E-state index in [4.69, 9.17) is 5.73 Å². The average Bonchev–Trinajstić information content (AvgIpc) is 3.08. The lowest BCUT2D eigenvalue weighted by Crippen LogP contribution is -2.31. The largest absolute Gasteiger partial charge is 0.330 e. The molecule has 1 aliphatic rings. The zero-order valence-corrected chi connectivity index (χ0v) is 13.1. The first kappa shape index (κ1) is 15.9. The molecular formula is C15H22ClN5. The normalized spacial score (nSPS) is 22.2. The molecule has 6 heteroatoms. The van der Waals surface area contributed by atoms with Gasteiger partial charge < -0.3 is 5.73 Å². The molecule has 1 saturated heterocycles. The van der Waals surface area contributed by atoms with Crippen molar-refractivity contribution in [3.8, 4) is 11.3 Å². The Bertz CT molecular complexity index is 570. The number of nitrogens with zero attached hydrogens (tertiary/aromatic N) is 3. The van der Waals surface area contributed by atoms with Crippen LogP contribution >= 0.6 is 12.4 Å². The number of aromatic amines is 1. The van der Waals surface area contributed by atoms with Gasteiger partial charge in [0.15, 0.2) is 0 Å². The molecule has 2 aromatic heterocycles. The summed E-state index contributed by atoms with van der Waals surface area (Å²) >= 11 is 0. The van der Waals surface area contributed by atoms with Gasteiger partial charge >= 0.3 is 0 Å². The van der Waals surface area contributed by atoms with E-state index >= 15 is 0 Å². The highest BCUT2D eigenvalue weighted by molar-refractivity contribution is 5.85. The molecule has 1 aliphatic heterocycles. The van der Waals surface area contributed by atoms with E-state index in [0.717, 1.165) is 37.4 Å². The van der Waals surface area contributed by atoms with Gasteiger partial charge in [-0.3, -0.25) is 15.0 Å². The third-order valence-corrected chi connectivity index (χ3v) is 4.19. The molecule has 0 spiro atoms. The van der Waals surface area contributed by atoms with Crippen LogP contribution in [-0.2, 0) is 6.54 Å². The summed E-state index contributed by atoms with van der Waals surface area (Å²) in [5.74, 6) is 0. The second-order valence-electron chi connectivity index (χ2n) is 5.99. The molecule has 21 heavy (non-hydrogen) atoms. The molecule has 1 fully saturated rings. The molecule has 3 N–H and O–H groups in total. The van der Waals surface area contributed by atoms with Crippen LogP contribution in [0.15, 0.2) is 30.7 Å². The van der Waals surface area contributed by atoms with E-state index in [1.165, 1.54) is 12.0 Å². The van der Waals surface area contributed by atoms with Crippen LogP contribution in [0.1, 0.15) is 18.9 Å². The Labute approximate surface area is 131 Å². The summed E-state index contributed by atoms with van der Waals surface area (Å²) in [4.78, 5) is 6.63. The topological polar surface area (TPSA) is 70.8 Å². The monoisotopic (exact) mass is 307 g/mol. The summed E-state index contributed by atoms with van der Waals surface area (Å²) in [6.07, 6.45) is 6.74. The maximum atomic E-state index is 5.87. The fraction of sp³-hybridized carbons (Fsp3) is 0.467. The van der Waals surface area contributed by atoms with E-state index in [-0.39, 0.29) is 17.8 Å². The molecular weight excluding hydrogens is 286 g/mol. The van der Waals surface area contributed by atoms with Gasteiger partial charge in [-0.2, -0.15) is 5.10 Å². The number of nitrogens with two attached hydrogens (primary N) is 1. The molecule has 114 valence electrons. The summed E-state index contributed by atoms with van der Waals surface area (Å²) in [6, 6.07) is 4.00. The maximum absolute atomic E-state index is 5.87. The highest BCUT2D eigenvalue weighted by Gasteiger charge is 2.32. The minimum Gasteiger partial charge on any atom is -0.330 e. The van der Waals surface area contributed by atoms with E-state index in [9.17, 15) is 0 Å². The van der Waals surface area contributed by atoms with Gasteiger partial charge in [0.05, 0.1) is 11.9 Å². The van der Waals surface area contributed by atoms with Crippen molar-refractivity contribution in [3.63, 3.8) is 0 Å². The van der Waals surface area contributed by atoms with Crippen molar-refractivity contribution in [3.05, 3.63) is 36.3 Å². The predicted molar refractivity (Wildman–Crippen MR) is 86.1 cm³/mol. The van der Waals surface area contributed by atoms with Gasteiger partial charge in [-0.05, 0) is 37.1 Å². The number of rotatable bonds is 4. The summed E-state index contributed by atoms with van der Waals surface area (Å²) in [7, 11) is 0. The first-order chi connectivity index (χ1) is 9.70. The maximum Gasteiger partial charge on any atom is 0.0710 e. The molecule has 0 radical (unpaired) electrons. The molecule has 2 aromatic rings. The van der Waals surface area contributed by atoms with Gasteiger partial charge in [0, 0.05) is 36.6 Å². The second-order valence-corrected chi connectivity index (χ2v) is 5.99. The molecule has 3 heterocycles. The number of H-pyrrole nitrogens is 1. The summed E-state index contributed by atoms with van der Waals surface area (Å²) < 4.78 is 0. The lowest BCUT2D eigenvalue weighted by molar-refractivity contribution is 0.275. The molecule has 0 amide bonds. The van der Waals surface area contributed by atoms with Gasteiger partial charge in [-0.15, -0.1) is 12.4 Å². The molecule has 5 nitrogen and oxygen atoms in total. The Morgan fingerprint density at radius 2 is 2.29 bits per heavy atom.